The predicted molar refractivity (Wildman–Crippen MR) is 92.4 cm³/mol. The number of benzene rings is 3. The molecule has 0 radical (unpaired) electrons. The largest absolute Gasteiger partial charge is 0.489 e. The lowest BCUT2D eigenvalue weighted by Gasteiger charge is -2.11. The first-order valence-corrected chi connectivity index (χ1v) is 7.54. The molecular formula is C20H19NO2. The Kier molecular flexibility index (Phi) is 4.79. The highest BCUT2D eigenvalue weighted by Crippen LogP contribution is 2.27. The van der Waals surface area contributed by atoms with E-state index in [9.17, 15) is 0 Å². The SMILES string of the molecule is Nc1cc(OCc2ccccc2)ccc1OCc1ccccc1. The molecule has 3 nitrogen and oxygen atoms in total. The number of nitrogen functional groups attached to an aromatic ring is 1. The first-order chi connectivity index (χ1) is 11.3. The van der Waals surface area contributed by atoms with E-state index in [1.165, 1.54) is 0 Å². The van der Waals surface area contributed by atoms with E-state index >= 15 is 0 Å². The number of anilines is 1. The van der Waals surface area contributed by atoms with Gasteiger partial charge in [0.1, 0.15) is 24.7 Å². The first kappa shape index (κ1) is 15.0. The van der Waals surface area contributed by atoms with E-state index in [-0.39, 0.29) is 0 Å². The summed E-state index contributed by atoms with van der Waals surface area (Å²) in [5, 5.41) is 0. The molecule has 0 aromatic heterocycles. The molecule has 0 atom stereocenters. The van der Waals surface area contributed by atoms with Crippen molar-refractivity contribution in [1.29, 1.82) is 0 Å². The summed E-state index contributed by atoms with van der Waals surface area (Å²) in [7, 11) is 0. The Hall–Kier alpha value is -2.94. The van der Waals surface area contributed by atoms with Gasteiger partial charge in [-0.25, -0.2) is 0 Å². The van der Waals surface area contributed by atoms with Crippen LogP contribution in [-0.4, -0.2) is 0 Å². The Bertz CT molecular complexity index is 742. The van der Waals surface area contributed by atoms with Gasteiger partial charge in [-0.15, -0.1) is 0 Å². The van der Waals surface area contributed by atoms with Crippen LogP contribution in [0.3, 0.4) is 0 Å². The van der Waals surface area contributed by atoms with Crippen molar-refractivity contribution in [3.05, 3.63) is 90.0 Å². The molecule has 0 saturated heterocycles. The summed E-state index contributed by atoms with van der Waals surface area (Å²) in [4.78, 5) is 0. The van der Waals surface area contributed by atoms with Gasteiger partial charge in [-0.1, -0.05) is 60.7 Å². The van der Waals surface area contributed by atoms with Gasteiger partial charge in [-0.3, -0.25) is 0 Å². The van der Waals surface area contributed by atoms with E-state index in [4.69, 9.17) is 15.2 Å². The molecule has 3 heteroatoms. The van der Waals surface area contributed by atoms with Gasteiger partial charge in [0.05, 0.1) is 5.69 Å². The molecule has 0 unspecified atom stereocenters. The topological polar surface area (TPSA) is 44.5 Å². The third kappa shape index (κ3) is 4.27. The molecular weight excluding hydrogens is 286 g/mol. The number of nitrogens with two attached hydrogens (primary N) is 1. The summed E-state index contributed by atoms with van der Waals surface area (Å²) >= 11 is 0. The maximum atomic E-state index is 6.05. The van der Waals surface area contributed by atoms with Crippen LogP contribution in [0, 0.1) is 0 Å². The second-order valence-electron chi connectivity index (χ2n) is 5.25. The Labute approximate surface area is 136 Å². The molecule has 0 fully saturated rings. The highest BCUT2D eigenvalue weighted by molar-refractivity contribution is 5.56. The zero-order valence-corrected chi connectivity index (χ0v) is 12.8. The van der Waals surface area contributed by atoms with Crippen LogP contribution in [-0.2, 0) is 13.2 Å². The molecule has 3 aromatic rings. The smallest absolute Gasteiger partial charge is 0.142 e. The van der Waals surface area contributed by atoms with Crippen molar-refractivity contribution < 1.29 is 9.47 Å². The number of hydrogen-bond donors (Lipinski definition) is 1. The van der Waals surface area contributed by atoms with Crippen molar-refractivity contribution in [3.8, 4) is 11.5 Å². The third-order valence-corrected chi connectivity index (χ3v) is 3.47. The molecule has 0 saturated carbocycles. The van der Waals surface area contributed by atoms with Crippen LogP contribution in [0.1, 0.15) is 11.1 Å². The summed E-state index contributed by atoms with van der Waals surface area (Å²) in [5.41, 5.74) is 8.85. The van der Waals surface area contributed by atoms with E-state index in [1.54, 1.807) is 6.07 Å². The van der Waals surface area contributed by atoms with E-state index in [2.05, 4.69) is 0 Å². The normalized spacial score (nSPS) is 10.3. The predicted octanol–water partition coefficient (Wildman–Crippen LogP) is 4.43. The highest BCUT2D eigenvalue weighted by Gasteiger charge is 2.04. The van der Waals surface area contributed by atoms with E-state index in [0.29, 0.717) is 24.7 Å². The minimum Gasteiger partial charge on any atom is -0.489 e. The monoisotopic (exact) mass is 305 g/mol. The van der Waals surface area contributed by atoms with Gasteiger partial charge >= 0.3 is 0 Å². The minimum atomic E-state index is 0.495. The molecule has 23 heavy (non-hydrogen) atoms. The van der Waals surface area contributed by atoms with Crippen molar-refractivity contribution in [1.82, 2.24) is 0 Å². The van der Waals surface area contributed by atoms with Crippen molar-refractivity contribution in [2.24, 2.45) is 0 Å². The number of hydrogen-bond acceptors (Lipinski definition) is 3. The van der Waals surface area contributed by atoms with Gasteiger partial charge < -0.3 is 15.2 Å². The van der Waals surface area contributed by atoms with Gasteiger partial charge in [0.25, 0.3) is 0 Å². The summed E-state index contributed by atoms with van der Waals surface area (Å²) < 4.78 is 11.5. The van der Waals surface area contributed by atoms with Crippen LogP contribution in [0.15, 0.2) is 78.9 Å². The summed E-state index contributed by atoms with van der Waals surface area (Å²) in [6, 6.07) is 25.5. The minimum absolute atomic E-state index is 0.495. The number of ether oxygens (including phenoxy) is 2. The molecule has 0 spiro atoms. The molecule has 3 aromatic carbocycles. The maximum absolute atomic E-state index is 6.05. The van der Waals surface area contributed by atoms with Crippen LogP contribution in [0.4, 0.5) is 5.69 Å². The van der Waals surface area contributed by atoms with Gasteiger partial charge in [-0.2, -0.15) is 0 Å². The maximum Gasteiger partial charge on any atom is 0.142 e. The molecule has 0 aliphatic heterocycles. The van der Waals surface area contributed by atoms with E-state index in [0.717, 1.165) is 16.9 Å². The van der Waals surface area contributed by atoms with Crippen molar-refractivity contribution >= 4 is 5.69 Å². The average Bonchev–Trinajstić information content (AvgIpc) is 2.61. The quantitative estimate of drug-likeness (QED) is 0.685. The van der Waals surface area contributed by atoms with E-state index in [1.807, 2.05) is 72.8 Å². The average molecular weight is 305 g/mol. The zero-order valence-electron chi connectivity index (χ0n) is 12.8. The Morgan fingerprint density at radius 2 is 1.22 bits per heavy atom. The van der Waals surface area contributed by atoms with Gasteiger partial charge in [0.15, 0.2) is 0 Å². The van der Waals surface area contributed by atoms with Crippen molar-refractivity contribution in [2.75, 3.05) is 5.73 Å². The summed E-state index contributed by atoms with van der Waals surface area (Å²) in [5.74, 6) is 1.40. The molecule has 0 amide bonds. The Morgan fingerprint density at radius 1 is 0.652 bits per heavy atom. The Morgan fingerprint density at radius 3 is 1.78 bits per heavy atom. The summed E-state index contributed by atoms with van der Waals surface area (Å²) in [6.07, 6.45) is 0. The van der Waals surface area contributed by atoms with Crippen LogP contribution < -0.4 is 15.2 Å². The lowest BCUT2D eigenvalue weighted by Crippen LogP contribution is -2.00. The molecule has 0 bridgehead atoms. The van der Waals surface area contributed by atoms with Crippen molar-refractivity contribution in [2.45, 2.75) is 13.2 Å². The molecule has 116 valence electrons. The second kappa shape index (κ2) is 7.36. The van der Waals surface area contributed by atoms with Crippen LogP contribution in [0.2, 0.25) is 0 Å². The lowest BCUT2D eigenvalue weighted by molar-refractivity contribution is 0.298. The Balaban J connectivity index is 1.59. The molecule has 0 aliphatic carbocycles. The fourth-order valence-corrected chi connectivity index (χ4v) is 2.22. The van der Waals surface area contributed by atoms with Crippen LogP contribution >= 0.6 is 0 Å². The fourth-order valence-electron chi connectivity index (χ4n) is 2.22. The highest BCUT2D eigenvalue weighted by atomic mass is 16.5. The molecule has 2 N–H and O–H groups in total. The lowest BCUT2D eigenvalue weighted by atomic mass is 10.2. The molecule has 0 heterocycles. The zero-order chi connectivity index (χ0) is 15.9. The first-order valence-electron chi connectivity index (χ1n) is 7.54. The standard InChI is InChI=1S/C20H19NO2/c21-19-13-18(22-14-16-7-3-1-4-8-16)11-12-20(19)23-15-17-9-5-2-6-10-17/h1-13H,14-15,21H2. The van der Waals surface area contributed by atoms with Crippen LogP contribution in [0.25, 0.3) is 0 Å². The van der Waals surface area contributed by atoms with Gasteiger partial charge in [-0.05, 0) is 23.3 Å². The molecule has 3 rings (SSSR count). The van der Waals surface area contributed by atoms with E-state index < -0.39 is 0 Å². The molecule has 0 aliphatic rings. The van der Waals surface area contributed by atoms with Gasteiger partial charge in [0, 0.05) is 6.07 Å². The van der Waals surface area contributed by atoms with Crippen molar-refractivity contribution in [3.63, 3.8) is 0 Å². The summed E-state index contributed by atoms with van der Waals surface area (Å²) in [6.45, 7) is 1.01. The van der Waals surface area contributed by atoms with Crippen LogP contribution in [0.5, 0.6) is 11.5 Å². The number of rotatable bonds is 6. The second-order valence-corrected chi connectivity index (χ2v) is 5.25. The fraction of sp³-hybridized carbons (Fsp3) is 0.100. The van der Waals surface area contributed by atoms with Gasteiger partial charge in [0.2, 0.25) is 0 Å². The third-order valence-electron chi connectivity index (χ3n) is 3.47.